The second kappa shape index (κ2) is 7.38. The van der Waals surface area contributed by atoms with Crippen LogP contribution in [0, 0.1) is 0 Å². The molecule has 104 valence electrons. The average molecular weight is 266 g/mol. The highest BCUT2D eigenvalue weighted by Gasteiger charge is 2.12. The molecule has 0 aliphatic rings. The Morgan fingerprint density at radius 1 is 1.26 bits per heavy atom. The van der Waals surface area contributed by atoms with Gasteiger partial charge in [-0.25, -0.2) is 9.59 Å². The highest BCUT2D eigenvalue weighted by Crippen LogP contribution is 2.09. The van der Waals surface area contributed by atoms with E-state index in [-0.39, 0.29) is 13.0 Å². The molecule has 0 unspecified atom stereocenters. The topological polar surface area (TPSA) is 98.7 Å². The maximum Gasteiger partial charge on any atom is 0.332 e. The molecule has 0 aliphatic heterocycles. The molecular formula is C13H18N2O4. The summed E-state index contributed by atoms with van der Waals surface area (Å²) in [7, 11) is 0. The average Bonchev–Trinajstić information content (AvgIpc) is 2.39. The lowest BCUT2D eigenvalue weighted by Gasteiger charge is -2.09. The minimum Gasteiger partial charge on any atom is -0.479 e. The van der Waals surface area contributed by atoms with Crippen molar-refractivity contribution >= 4 is 17.7 Å². The second-order valence-corrected chi connectivity index (χ2v) is 4.07. The molecule has 0 saturated heterocycles. The number of rotatable bonds is 6. The van der Waals surface area contributed by atoms with Crippen molar-refractivity contribution in [1.82, 2.24) is 5.32 Å². The molecule has 1 aromatic rings. The Bertz CT molecular complexity index is 431. The number of carboxylic acids is 1. The van der Waals surface area contributed by atoms with Crippen LogP contribution < -0.4 is 10.6 Å². The molecule has 0 heterocycles. The first-order chi connectivity index (χ1) is 9.02. The van der Waals surface area contributed by atoms with E-state index in [0.29, 0.717) is 5.69 Å². The van der Waals surface area contributed by atoms with Gasteiger partial charge in [-0.2, -0.15) is 0 Å². The summed E-state index contributed by atoms with van der Waals surface area (Å²) in [5, 5.41) is 22.6. The Hall–Kier alpha value is -2.08. The Morgan fingerprint density at radius 3 is 2.42 bits per heavy atom. The zero-order valence-corrected chi connectivity index (χ0v) is 10.7. The molecule has 1 aromatic carbocycles. The normalized spacial score (nSPS) is 11.7. The van der Waals surface area contributed by atoms with Gasteiger partial charge in [0.1, 0.15) is 0 Å². The van der Waals surface area contributed by atoms with Crippen LogP contribution in [0.3, 0.4) is 0 Å². The molecule has 6 nitrogen and oxygen atoms in total. The minimum absolute atomic E-state index is 0.0302. The van der Waals surface area contributed by atoms with Gasteiger partial charge in [0.05, 0.1) is 0 Å². The predicted octanol–water partition coefficient (Wildman–Crippen LogP) is 1.21. The molecular weight excluding hydrogens is 248 g/mol. The fourth-order valence-corrected chi connectivity index (χ4v) is 1.44. The van der Waals surface area contributed by atoms with Gasteiger partial charge in [0.25, 0.3) is 0 Å². The van der Waals surface area contributed by atoms with Crippen LogP contribution in [-0.4, -0.2) is 34.9 Å². The molecule has 2 amide bonds. The number of benzene rings is 1. The van der Waals surface area contributed by atoms with Crippen molar-refractivity contribution in [3.8, 4) is 0 Å². The summed E-state index contributed by atoms with van der Waals surface area (Å²) < 4.78 is 0. The molecule has 4 N–H and O–H groups in total. The summed E-state index contributed by atoms with van der Waals surface area (Å²) in [6.07, 6.45) is -0.555. The number of carbonyl (C=O) groups is 2. The number of carboxylic acid groups (broad SMARTS) is 1. The van der Waals surface area contributed by atoms with Crippen molar-refractivity contribution in [2.24, 2.45) is 0 Å². The third kappa shape index (κ3) is 5.39. The number of carbonyl (C=O) groups excluding carboxylic acids is 1. The highest BCUT2D eigenvalue weighted by atomic mass is 16.4. The van der Waals surface area contributed by atoms with Crippen molar-refractivity contribution in [2.45, 2.75) is 25.9 Å². The maximum absolute atomic E-state index is 11.5. The molecule has 1 atom stereocenters. The van der Waals surface area contributed by atoms with Gasteiger partial charge in [-0.05, 0) is 24.1 Å². The summed E-state index contributed by atoms with van der Waals surface area (Å²) in [5.74, 6) is -1.29. The first-order valence-corrected chi connectivity index (χ1v) is 6.07. The first-order valence-electron chi connectivity index (χ1n) is 6.07. The number of nitrogens with one attached hydrogen (secondary N) is 2. The van der Waals surface area contributed by atoms with Crippen molar-refractivity contribution < 1.29 is 19.8 Å². The number of hydrogen-bond acceptors (Lipinski definition) is 3. The zero-order valence-electron chi connectivity index (χ0n) is 10.7. The summed E-state index contributed by atoms with van der Waals surface area (Å²) >= 11 is 0. The van der Waals surface area contributed by atoms with Gasteiger partial charge in [0.2, 0.25) is 0 Å². The summed E-state index contributed by atoms with van der Waals surface area (Å²) in [4.78, 5) is 21.8. The molecule has 0 radical (unpaired) electrons. The first kappa shape index (κ1) is 15.0. The number of amides is 2. The molecule has 0 fully saturated rings. The number of aliphatic carboxylic acids is 1. The second-order valence-electron chi connectivity index (χ2n) is 4.07. The monoisotopic (exact) mass is 266 g/mol. The molecule has 1 rings (SSSR count). The van der Waals surface area contributed by atoms with Crippen molar-refractivity contribution in [1.29, 1.82) is 0 Å². The molecule has 0 bridgehead atoms. The molecule has 0 aliphatic carbocycles. The van der Waals surface area contributed by atoms with Gasteiger partial charge in [-0.3, -0.25) is 0 Å². The quantitative estimate of drug-likeness (QED) is 0.622. The number of aliphatic hydroxyl groups excluding tert-OH is 1. The summed E-state index contributed by atoms with van der Waals surface area (Å²) in [5.41, 5.74) is 1.84. The van der Waals surface area contributed by atoms with E-state index in [1.807, 2.05) is 19.1 Å². The number of urea groups is 1. The Balaban J connectivity index is 2.32. The van der Waals surface area contributed by atoms with Crippen LogP contribution in [0.25, 0.3) is 0 Å². The maximum atomic E-state index is 11.5. The lowest BCUT2D eigenvalue weighted by molar-refractivity contribution is -0.146. The molecule has 0 saturated carbocycles. The Labute approximate surface area is 111 Å². The molecule has 6 heteroatoms. The number of hydrogen-bond donors (Lipinski definition) is 4. The van der Waals surface area contributed by atoms with Crippen LogP contribution in [0.1, 0.15) is 18.9 Å². The van der Waals surface area contributed by atoms with Gasteiger partial charge in [-0.15, -0.1) is 0 Å². The smallest absolute Gasteiger partial charge is 0.332 e. The van der Waals surface area contributed by atoms with E-state index in [9.17, 15) is 9.59 Å². The van der Waals surface area contributed by atoms with E-state index in [0.717, 1.165) is 6.42 Å². The molecule has 0 aromatic heterocycles. The highest BCUT2D eigenvalue weighted by molar-refractivity contribution is 5.89. The van der Waals surface area contributed by atoms with E-state index < -0.39 is 18.1 Å². The lowest BCUT2D eigenvalue weighted by atomic mass is 10.1. The summed E-state index contributed by atoms with van der Waals surface area (Å²) in [6.45, 7) is 2.13. The zero-order chi connectivity index (χ0) is 14.3. The van der Waals surface area contributed by atoms with Gasteiger partial charge < -0.3 is 20.8 Å². The SMILES string of the molecule is CCc1ccc(NC(=O)NCC[C@H](O)C(=O)O)cc1. The van der Waals surface area contributed by atoms with Crippen LogP contribution in [0.5, 0.6) is 0 Å². The summed E-state index contributed by atoms with van der Waals surface area (Å²) in [6, 6.07) is 7.00. The third-order valence-corrected chi connectivity index (χ3v) is 2.61. The van der Waals surface area contributed by atoms with Gasteiger partial charge in [0, 0.05) is 18.7 Å². The van der Waals surface area contributed by atoms with Gasteiger partial charge >= 0.3 is 12.0 Å². The lowest BCUT2D eigenvalue weighted by Crippen LogP contribution is -2.33. The Kier molecular flexibility index (Phi) is 5.81. The van der Waals surface area contributed by atoms with Crippen molar-refractivity contribution in [3.63, 3.8) is 0 Å². The van der Waals surface area contributed by atoms with Crippen LogP contribution in [-0.2, 0) is 11.2 Å². The van der Waals surface area contributed by atoms with Crippen LogP contribution in [0.15, 0.2) is 24.3 Å². The number of anilines is 1. The predicted molar refractivity (Wildman–Crippen MR) is 71.1 cm³/mol. The third-order valence-electron chi connectivity index (χ3n) is 2.61. The van der Waals surface area contributed by atoms with Crippen molar-refractivity contribution in [3.05, 3.63) is 29.8 Å². The number of aliphatic hydroxyl groups is 1. The van der Waals surface area contributed by atoms with Crippen LogP contribution >= 0.6 is 0 Å². The number of aryl methyl sites for hydroxylation is 1. The molecule has 0 spiro atoms. The molecule has 19 heavy (non-hydrogen) atoms. The fraction of sp³-hybridized carbons (Fsp3) is 0.385. The van der Waals surface area contributed by atoms with E-state index in [2.05, 4.69) is 10.6 Å². The van der Waals surface area contributed by atoms with E-state index in [1.165, 1.54) is 5.56 Å². The standard InChI is InChI=1S/C13H18N2O4/c1-2-9-3-5-10(6-4-9)15-13(19)14-8-7-11(16)12(17)18/h3-6,11,16H,2,7-8H2,1H3,(H,17,18)(H2,14,15,19)/t11-/m0/s1. The van der Waals surface area contributed by atoms with Crippen LogP contribution in [0.2, 0.25) is 0 Å². The van der Waals surface area contributed by atoms with Crippen LogP contribution in [0.4, 0.5) is 10.5 Å². The van der Waals surface area contributed by atoms with Crippen molar-refractivity contribution in [2.75, 3.05) is 11.9 Å². The van der Waals surface area contributed by atoms with E-state index in [1.54, 1.807) is 12.1 Å². The van der Waals surface area contributed by atoms with Gasteiger partial charge in [-0.1, -0.05) is 19.1 Å². The minimum atomic E-state index is -1.45. The largest absolute Gasteiger partial charge is 0.479 e. The fourth-order valence-electron chi connectivity index (χ4n) is 1.44. The van der Waals surface area contributed by atoms with E-state index >= 15 is 0 Å². The van der Waals surface area contributed by atoms with E-state index in [4.69, 9.17) is 10.2 Å². The Morgan fingerprint density at radius 2 is 1.89 bits per heavy atom. The van der Waals surface area contributed by atoms with Gasteiger partial charge in [0.15, 0.2) is 6.10 Å².